The molecule has 4 aliphatic heterocycles. The summed E-state index contributed by atoms with van der Waals surface area (Å²) in [7, 11) is 4.74. The Morgan fingerprint density at radius 3 is 2.48 bits per heavy atom. The maximum atomic E-state index is 16.1. The summed E-state index contributed by atoms with van der Waals surface area (Å²) in [5, 5.41) is 13.3. The number of piperidine rings is 1. The lowest BCUT2D eigenvalue weighted by Crippen LogP contribution is -2.70. The number of hydrogen-bond donors (Lipinski definition) is 3. The number of amides is 5. The minimum atomic E-state index is -3.24. The van der Waals surface area contributed by atoms with Crippen molar-refractivity contribution in [3.63, 3.8) is 0 Å². The fraction of sp³-hybridized carbons (Fsp3) is 0.413. The molecule has 0 radical (unpaired) electrons. The average molecular weight is 942 g/mol. The molecule has 3 saturated heterocycles. The van der Waals surface area contributed by atoms with Crippen LogP contribution in [0.3, 0.4) is 0 Å². The topological polar surface area (TPSA) is 179 Å². The Bertz CT molecular complexity index is 2860. The molecule has 1 saturated carbocycles. The molecule has 2 atom stereocenters. The van der Waals surface area contributed by atoms with Gasteiger partial charge in [-0.15, -0.1) is 5.10 Å². The van der Waals surface area contributed by atoms with Crippen LogP contribution in [0.4, 0.5) is 40.8 Å². The third-order valence-electron chi connectivity index (χ3n) is 13.8. The molecule has 3 aromatic heterocycles. The summed E-state index contributed by atoms with van der Waals surface area (Å²) in [6, 6.07) is 10.7. The lowest BCUT2D eigenvalue weighted by atomic mass is 9.69. The summed E-state index contributed by atoms with van der Waals surface area (Å²) in [5.41, 5.74) is 3.24. The highest BCUT2D eigenvalue weighted by molar-refractivity contribution is 6.33. The van der Waals surface area contributed by atoms with Crippen LogP contribution in [-0.2, 0) is 22.5 Å². The van der Waals surface area contributed by atoms with Crippen LogP contribution in [0.15, 0.2) is 54.9 Å². The van der Waals surface area contributed by atoms with Crippen molar-refractivity contribution in [2.45, 2.75) is 56.7 Å². The molecule has 3 N–H and O–H groups in total. The largest absolute Gasteiger partial charge is 0.493 e. The van der Waals surface area contributed by atoms with Gasteiger partial charge < -0.3 is 29.9 Å². The average Bonchev–Trinajstić information content (AvgIpc) is 3.92. The van der Waals surface area contributed by atoms with Crippen LogP contribution in [-0.4, -0.2) is 132 Å². The summed E-state index contributed by atoms with van der Waals surface area (Å²) in [4.78, 5) is 66.7. The summed E-state index contributed by atoms with van der Waals surface area (Å²) < 4.78 is 60.7. The highest BCUT2D eigenvalue weighted by Crippen LogP contribution is 2.51. The van der Waals surface area contributed by atoms with E-state index < -0.39 is 41.5 Å². The third-order valence-corrected chi connectivity index (χ3v) is 14.1. The molecule has 1 unspecified atom stereocenters. The first-order chi connectivity index (χ1) is 32.2. The van der Waals surface area contributed by atoms with Gasteiger partial charge in [-0.2, -0.15) is 0 Å². The minimum Gasteiger partial charge on any atom is -0.493 e. The van der Waals surface area contributed by atoms with E-state index in [1.165, 1.54) is 40.9 Å². The van der Waals surface area contributed by atoms with Gasteiger partial charge in [0.05, 0.1) is 53.8 Å². The third kappa shape index (κ3) is 7.63. The van der Waals surface area contributed by atoms with E-state index in [1.807, 2.05) is 34.1 Å². The van der Waals surface area contributed by atoms with E-state index in [2.05, 4.69) is 25.9 Å². The number of nitrogens with one attached hydrogen (secondary N) is 3. The Morgan fingerprint density at radius 1 is 0.970 bits per heavy atom. The Hall–Kier alpha value is -6.51. The van der Waals surface area contributed by atoms with E-state index in [0.29, 0.717) is 41.2 Å². The number of anilines is 4. The predicted octanol–water partition coefficient (Wildman–Crippen LogP) is 5.67. The van der Waals surface area contributed by atoms with Crippen LogP contribution in [0.1, 0.15) is 57.7 Å². The smallest absolute Gasteiger partial charge is 0.328 e. The Labute approximate surface area is 387 Å². The molecule has 2 aromatic carbocycles. The van der Waals surface area contributed by atoms with Crippen molar-refractivity contribution in [2.24, 2.45) is 5.41 Å². The number of nitrogens with zero attached hydrogens (tertiary/aromatic N) is 8. The number of carbonyl (C=O) groups is 4. The van der Waals surface area contributed by atoms with Gasteiger partial charge in [0.1, 0.15) is 11.5 Å². The zero-order valence-electron chi connectivity index (χ0n) is 36.9. The van der Waals surface area contributed by atoms with Crippen LogP contribution < -0.4 is 30.5 Å². The van der Waals surface area contributed by atoms with E-state index in [4.69, 9.17) is 26.2 Å². The van der Waals surface area contributed by atoms with E-state index in [0.717, 1.165) is 29.0 Å². The van der Waals surface area contributed by atoms with Crippen molar-refractivity contribution < 1.29 is 41.8 Å². The molecule has 4 fully saturated rings. The molecule has 1 spiro atoms. The second kappa shape index (κ2) is 17.0. The molecular weight excluding hydrogens is 895 g/mol. The number of imide groups is 1. The number of pyridine rings is 1. The Morgan fingerprint density at radius 2 is 1.78 bits per heavy atom. The molecule has 17 nitrogen and oxygen atoms in total. The zero-order chi connectivity index (χ0) is 46.9. The molecule has 350 valence electrons. The van der Waals surface area contributed by atoms with Gasteiger partial charge in [0.15, 0.2) is 22.9 Å². The molecule has 0 bridgehead atoms. The first-order valence-corrected chi connectivity index (χ1v) is 22.4. The molecule has 5 aromatic rings. The highest BCUT2D eigenvalue weighted by Gasteiger charge is 2.63. The SMILES string of the molecule is CNc1cc(N2CCc3c(-c4ncc(CN5CC6(CCN(C(=O)c7cc(Cl)c(OC)c(N8CCC(=O)NC8=O)c7)CC6(F)F)C5)cc4F)cccc32)nn2c(C(=O)NC3CC[C@H]3OC)cnc12. The molecule has 5 aliphatic rings. The molecule has 10 rings (SSSR count). The fourth-order valence-corrected chi connectivity index (χ4v) is 10.4. The number of imidazole rings is 1. The van der Waals surface area contributed by atoms with Gasteiger partial charge in [-0.25, -0.2) is 27.5 Å². The van der Waals surface area contributed by atoms with Gasteiger partial charge in [-0.1, -0.05) is 23.7 Å². The summed E-state index contributed by atoms with van der Waals surface area (Å²) in [6.07, 6.45) is 5.36. The van der Waals surface area contributed by atoms with Crippen LogP contribution in [0.2, 0.25) is 5.02 Å². The number of carbonyl (C=O) groups excluding carboxylic acids is 4. The number of aromatic nitrogens is 4. The number of fused-ring (bicyclic) bond motifs is 2. The van der Waals surface area contributed by atoms with Crippen LogP contribution >= 0.6 is 11.6 Å². The summed E-state index contributed by atoms with van der Waals surface area (Å²) in [6.45, 7) is 0.0879. The van der Waals surface area contributed by atoms with Crippen molar-refractivity contribution >= 4 is 63.9 Å². The number of ether oxygens (including phenoxy) is 2. The van der Waals surface area contributed by atoms with Crippen molar-refractivity contribution in [1.82, 2.24) is 40.0 Å². The van der Waals surface area contributed by atoms with Gasteiger partial charge >= 0.3 is 6.03 Å². The normalized spacial score (nSPS) is 20.9. The molecule has 7 heterocycles. The number of methoxy groups -OCH3 is 2. The van der Waals surface area contributed by atoms with Crippen LogP contribution in [0, 0.1) is 11.2 Å². The maximum Gasteiger partial charge on any atom is 0.328 e. The van der Waals surface area contributed by atoms with E-state index >= 15 is 13.2 Å². The number of hydrogen-bond acceptors (Lipinski definition) is 12. The highest BCUT2D eigenvalue weighted by atomic mass is 35.5. The van der Waals surface area contributed by atoms with Crippen LogP contribution in [0.5, 0.6) is 5.75 Å². The number of likely N-dealkylation sites (tertiary alicyclic amines) is 2. The van der Waals surface area contributed by atoms with Gasteiger partial charge in [-0.3, -0.25) is 34.5 Å². The van der Waals surface area contributed by atoms with Crippen LogP contribution in [0.25, 0.3) is 16.9 Å². The maximum absolute atomic E-state index is 16.1. The molecule has 1 aliphatic carbocycles. The monoisotopic (exact) mass is 941 g/mol. The number of benzene rings is 2. The van der Waals surface area contributed by atoms with Crippen molar-refractivity contribution in [1.29, 1.82) is 0 Å². The van der Waals surface area contributed by atoms with Gasteiger partial charge in [0.25, 0.3) is 17.7 Å². The van der Waals surface area contributed by atoms with Crippen molar-refractivity contribution in [3.8, 4) is 17.0 Å². The van der Waals surface area contributed by atoms with Crippen molar-refractivity contribution in [3.05, 3.63) is 88.1 Å². The fourth-order valence-electron chi connectivity index (χ4n) is 10.1. The van der Waals surface area contributed by atoms with Gasteiger partial charge in [0, 0.05) is 88.9 Å². The molecule has 21 heteroatoms. The lowest BCUT2D eigenvalue weighted by molar-refractivity contribution is -0.220. The van der Waals surface area contributed by atoms with E-state index in [9.17, 15) is 19.2 Å². The number of urea groups is 1. The number of halogens is 4. The molecular formula is C46H47ClF3N11O6. The predicted molar refractivity (Wildman–Crippen MR) is 241 cm³/mol. The van der Waals surface area contributed by atoms with Gasteiger partial charge in [0.2, 0.25) is 5.91 Å². The second-order valence-electron chi connectivity index (χ2n) is 17.7. The zero-order valence-corrected chi connectivity index (χ0v) is 37.6. The lowest BCUT2D eigenvalue weighted by Gasteiger charge is -2.57. The Balaban J connectivity index is 0.807. The van der Waals surface area contributed by atoms with E-state index in [-0.39, 0.29) is 97.0 Å². The van der Waals surface area contributed by atoms with Gasteiger partial charge in [-0.05, 0) is 61.1 Å². The summed E-state index contributed by atoms with van der Waals surface area (Å²) >= 11 is 6.46. The Kier molecular flexibility index (Phi) is 11.2. The molecule has 67 heavy (non-hydrogen) atoms. The first-order valence-electron chi connectivity index (χ1n) is 22.0. The van der Waals surface area contributed by atoms with Crippen molar-refractivity contribution in [2.75, 3.05) is 75.7 Å². The standard InChI is InChI=1S/C46H47ClF3N11O6/c1-51-32-18-37(56-61-35(20-53-41(32)61)42(63)54-31-7-8-36(31)66-2)59-12-9-27-28(5-4-6-33(27)59)39-30(48)15-25(19-52-39)21-57-22-45(23-57)11-14-58(24-46(45,49)50)43(64)26-16-29(47)40(67-3)34(17-26)60-13-10-38(62)55-44(60)65/h4-6,15-20,31,36,51H,7-14,21-24H2,1-3H3,(H,54,63)(H,55,62,65)/t31?,36-/m1/s1. The number of alkyl halides is 2. The summed E-state index contributed by atoms with van der Waals surface area (Å²) in [5.74, 6) is -4.55. The second-order valence-corrected chi connectivity index (χ2v) is 18.1. The number of rotatable bonds is 11. The molecule has 5 amide bonds. The first kappa shape index (κ1) is 44.3. The quantitative estimate of drug-likeness (QED) is 0.148. The minimum absolute atomic E-state index is 0.00241. The van der Waals surface area contributed by atoms with E-state index in [1.54, 1.807) is 20.4 Å².